The van der Waals surface area contributed by atoms with Gasteiger partial charge in [0.25, 0.3) is 0 Å². The van der Waals surface area contributed by atoms with Gasteiger partial charge in [-0.2, -0.15) is 0 Å². The standard InChI is InChI=1S/C12H20Si/c1-10-7-6-8-12(9-10)11(2)13(3,4)5/h6-9,11H,1-5H3. The molecular formula is C12H20Si. The molecule has 0 amide bonds. The fraction of sp³-hybridized carbons (Fsp3) is 0.500. The Balaban J connectivity index is 2.96. The molecule has 0 saturated heterocycles. The van der Waals surface area contributed by atoms with Gasteiger partial charge in [-0.15, -0.1) is 0 Å². The van der Waals surface area contributed by atoms with Crippen molar-refractivity contribution in [2.75, 3.05) is 0 Å². The lowest BCUT2D eigenvalue weighted by atomic mass is 10.1. The van der Waals surface area contributed by atoms with Crippen LogP contribution in [0.15, 0.2) is 24.3 Å². The third-order valence-electron chi connectivity index (χ3n) is 2.84. The van der Waals surface area contributed by atoms with Crippen LogP contribution in [0.5, 0.6) is 0 Å². The Hall–Kier alpha value is -0.563. The Bertz CT molecular complexity index is 283. The van der Waals surface area contributed by atoms with Crippen LogP contribution >= 0.6 is 0 Å². The second-order valence-electron chi connectivity index (χ2n) is 5.00. The summed E-state index contributed by atoms with van der Waals surface area (Å²) in [5.41, 5.74) is 3.65. The van der Waals surface area contributed by atoms with Gasteiger partial charge in [-0.3, -0.25) is 0 Å². The van der Waals surface area contributed by atoms with Crippen LogP contribution in [0.2, 0.25) is 19.6 Å². The number of rotatable bonds is 2. The Morgan fingerprint density at radius 2 is 1.77 bits per heavy atom. The molecule has 1 aromatic carbocycles. The van der Waals surface area contributed by atoms with Gasteiger partial charge in [0.1, 0.15) is 0 Å². The first-order chi connectivity index (χ1) is 5.91. The predicted octanol–water partition coefficient (Wildman–Crippen LogP) is 3.98. The van der Waals surface area contributed by atoms with Crippen molar-refractivity contribution in [1.29, 1.82) is 0 Å². The summed E-state index contributed by atoms with van der Waals surface area (Å²) < 4.78 is 0. The SMILES string of the molecule is Cc1cccc(C(C)[Si](C)(C)C)c1. The van der Waals surface area contributed by atoms with E-state index in [1.54, 1.807) is 0 Å². The van der Waals surface area contributed by atoms with E-state index in [4.69, 9.17) is 0 Å². The zero-order valence-electron chi connectivity index (χ0n) is 9.39. The van der Waals surface area contributed by atoms with E-state index in [1.807, 2.05) is 0 Å². The van der Waals surface area contributed by atoms with E-state index in [0.29, 0.717) is 0 Å². The summed E-state index contributed by atoms with van der Waals surface area (Å²) >= 11 is 0. The highest BCUT2D eigenvalue weighted by Crippen LogP contribution is 2.26. The molecule has 1 heteroatoms. The summed E-state index contributed by atoms with van der Waals surface area (Å²) in [5.74, 6) is 0. The monoisotopic (exact) mass is 192 g/mol. The third kappa shape index (κ3) is 2.70. The van der Waals surface area contributed by atoms with Crippen LogP contribution in [-0.4, -0.2) is 8.07 Å². The van der Waals surface area contributed by atoms with Gasteiger partial charge in [-0.25, -0.2) is 0 Å². The molecule has 1 unspecified atom stereocenters. The van der Waals surface area contributed by atoms with Crippen molar-refractivity contribution in [3.8, 4) is 0 Å². The lowest BCUT2D eigenvalue weighted by Crippen LogP contribution is -2.28. The first kappa shape index (κ1) is 10.5. The maximum Gasteiger partial charge on any atom is 0.0517 e. The highest BCUT2D eigenvalue weighted by atomic mass is 28.3. The van der Waals surface area contributed by atoms with Crippen LogP contribution in [0.1, 0.15) is 23.6 Å². The van der Waals surface area contributed by atoms with Crippen LogP contribution in [0.3, 0.4) is 0 Å². The largest absolute Gasteiger partial charge is 0.0691 e. The minimum absolute atomic E-state index is 0.757. The van der Waals surface area contributed by atoms with Gasteiger partial charge in [-0.05, 0) is 18.0 Å². The van der Waals surface area contributed by atoms with Gasteiger partial charge < -0.3 is 0 Å². The summed E-state index contributed by atoms with van der Waals surface area (Å²) in [5, 5.41) is 0. The Morgan fingerprint density at radius 1 is 1.15 bits per heavy atom. The topological polar surface area (TPSA) is 0 Å². The van der Waals surface area contributed by atoms with Gasteiger partial charge in [0.05, 0.1) is 8.07 Å². The molecule has 1 atom stereocenters. The molecule has 0 aliphatic rings. The van der Waals surface area contributed by atoms with E-state index >= 15 is 0 Å². The van der Waals surface area contributed by atoms with Gasteiger partial charge in [-0.1, -0.05) is 56.4 Å². The van der Waals surface area contributed by atoms with Crippen molar-refractivity contribution in [3.63, 3.8) is 0 Å². The highest BCUT2D eigenvalue weighted by molar-refractivity contribution is 6.77. The lowest BCUT2D eigenvalue weighted by Gasteiger charge is -2.25. The molecule has 1 rings (SSSR count). The first-order valence-electron chi connectivity index (χ1n) is 4.98. The summed E-state index contributed by atoms with van der Waals surface area (Å²) in [6.45, 7) is 11.8. The molecule has 13 heavy (non-hydrogen) atoms. The Labute approximate surface area is 83.0 Å². The van der Waals surface area contributed by atoms with E-state index in [1.165, 1.54) is 11.1 Å². The summed E-state index contributed by atoms with van der Waals surface area (Å²) in [7, 11) is -1.02. The van der Waals surface area contributed by atoms with E-state index in [2.05, 4.69) is 57.8 Å². The Kier molecular flexibility index (Phi) is 2.97. The zero-order valence-corrected chi connectivity index (χ0v) is 10.4. The van der Waals surface area contributed by atoms with Crippen molar-refractivity contribution >= 4 is 8.07 Å². The molecule has 0 bridgehead atoms. The predicted molar refractivity (Wildman–Crippen MR) is 62.9 cm³/mol. The maximum absolute atomic E-state index is 2.43. The molecule has 0 aliphatic carbocycles. The number of hydrogen-bond acceptors (Lipinski definition) is 0. The van der Waals surface area contributed by atoms with Crippen molar-refractivity contribution in [1.82, 2.24) is 0 Å². The van der Waals surface area contributed by atoms with Crippen LogP contribution in [-0.2, 0) is 0 Å². The lowest BCUT2D eigenvalue weighted by molar-refractivity contribution is 1.01. The number of hydrogen-bond donors (Lipinski definition) is 0. The molecule has 1 aromatic rings. The van der Waals surface area contributed by atoms with E-state index in [0.717, 1.165) is 5.54 Å². The Morgan fingerprint density at radius 3 is 2.23 bits per heavy atom. The minimum atomic E-state index is -1.02. The van der Waals surface area contributed by atoms with Crippen LogP contribution < -0.4 is 0 Å². The molecule has 0 saturated carbocycles. The summed E-state index contributed by atoms with van der Waals surface area (Å²) in [4.78, 5) is 0. The molecule has 0 aromatic heterocycles. The average Bonchev–Trinajstić information content (AvgIpc) is 2.01. The molecule has 72 valence electrons. The molecule has 0 heterocycles. The second kappa shape index (κ2) is 3.67. The van der Waals surface area contributed by atoms with Gasteiger partial charge in [0.2, 0.25) is 0 Å². The molecule has 0 fully saturated rings. The highest BCUT2D eigenvalue weighted by Gasteiger charge is 2.23. The molecular weight excluding hydrogens is 172 g/mol. The molecule has 0 spiro atoms. The van der Waals surface area contributed by atoms with Crippen LogP contribution in [0.4, 0.5) is 0 Å². The quantitative estimate of drug-likeness (QED) is 0.622. The van der Waals surface area contributed by atoms with Gasteiger partial charge in [0.15, 0.2) is 0 Å². The minimum Gasteiger partial charge on any atom is -0.0691 e. The molecule has 0 aliphatic heterocycles. The fourth-order valence-electron chi connectivity index (χ4n) is 1.44. The van der Waals surface area contributed by atoms with Crippen molar-refractivity contribution in [3.05, 3.63) is 35.4 Å². The van der Waals surface area contributed by atoms with Crippen molar-refractivity contribution < 1.29 is 0 Å². The smallest absolute Gasteiger partial charge is 0.0517 e. The summed E-state index contributed by atoms with van der Waals surface area (Å²) in [6, 6.07) is 8.92. The first-order valence-corrected chi connectivity index (χ1v) is 8.55. The number of aryl methyl sites for hydroxylation is 1. The second-order valence-corrected chi connectivity index (χ2v) is 10.6. The molecule has 0 N–H and O–H groups in total. The molecule has 0 radical (unpaired) electrons. The van der Waals surface area contributed by atoms with Gasteiger partial charge in [0, 0.05) is 0 Å². The normalized spacial score (nSPS) is 14.2. The maximum atomic E-state index is 2.43. The molecule has 0 nitrogen and oxygen atoms in total. The summed E-state index contributed by atoms with van der Waals surface area (Å²) in [6.07, 6.45) is 0. The number of benzene rings is 1. The average molecular weight is 192 g/mol. The zero-order chi connectivity index (χ0) is 10.1. The fourth-order valence-corrected chi connectivity index (χ4v) is 2.62. The van der Waals surface area contributed by atoms with E-state index in [-0.39, 0.29) is 0 Å². The van der Waals surface area contributed by atoms with Crippen molar-refractivity contribution in [2.24, 2.45) is 0 Å². The van der Waals surface area contributed by atoms with Gasteiger partial charge >= 0.3 is 0 Å². The third-order valence-corrected chi connectivity index (χ3v) is 5.77. The van der Waals surface area contributed by atoms with E-state index in [9.17, 15) is 0 Å². The van der Waals surface area contributed by atoms with E-state index < -0.39 is 8.07 Å². The van der Waals surface area contributed by atoms with Crippen LogP contribution in [0.25, 0.3) is 0 Å². The van der Waals surface area contributed by atoms with Crippen LogP contribution in [0, 0.1) is 6.92 Å². The van der Waals surface area contributed by atoms with Crippen molar-refractivity contribution in [2.45, 2.75) is 39.0 Å².